The molecule has 1 aromatic heterocycles. The third kappa shape index (κ3) is 6.76. The highest BCUT2D eigenvalue weighted by atomic mass is 16.3. The maximum atomic E-state index is 12.4. The topological polar surface area (TPSA) is 33.1 Å². The number of pyridine rings is 1. The van der Waals surface area contributed by atoms with Crippen LogP contribution in [-0.4, -0.2) is 10.1 Å². The van der Waals surface area contributed by atoms with E-state index < -0.39 is 0 Å². The fourth-order valence-electron chi connectivity index (χ4n) is 13.4. The van der Waals surface area contributed by atoms with E-state index in [4.69, 9.17) is 4.98 Å². The van der Waals surface area contributed by atoms with Crippen LogP contribution in [0.4, 0.5) is 0 Å². The zero-order valence-electron chi connectivity index (χ0n) is 34.2. The van der Waals surface area contributed by atoms with Crippen LogP contribution in [0.2, 0.25) is 0 Å². The van der Waals surface area contributed by atoms with Crippen molar-refractivity contribution in [3.05, 3.63) is 119 Å². The largest absolute Gasteiger partial charge is 0.507 e. The molecule has 4 aromatic carbocycles. The SMILES string of the molecule is Cc1cc(-c2ccccc2-c2cccc(-c3ccccc3-c3cc(C)cc(C45CC(C)CC(CC(C)C4)C5)c3O)n2)cc(C23CC(C)CC(CC(C)C2)C3)c1. The Morgan fingerprint density at radius 1 is 0.491 bits per heavy atom. The van der Waals surface area contributed by atoms with Gasteiger partial charge in [0, 0.05) is 22.3 Å². The van der Waals surface area contributed by atoms with Crippen molar-refractivity contribution in [1.29, 1.82) is 0 Å². The van der Waals surface area contributed by atoms with Gasteiger partial charge in [-0.15, -0.1) is 0 Å². The Morgan fingerprint density at radius 2 is 0.982 bits per heavy atom. The molecular weight excluding hydrogens is 667 g/mol. The van der Waals surface area contributed by atoms with Gasteiger partial charge in [0.15, 0.2) is 0 Å². The molecule has 1 N–H and O–H groups in total. The van der Waals surface area contributed by atoms with Gasteiger partial charge in [-0.1, -0.05) is 112 Å². The van der Waals surface area contributed by atoms with Gasteiger partial charge in [0.05, 0.1) is 11.4 Å². The van der Waals surface area contributed by atoms with E-state index in [1.807, 2.05) is 0 Å². The quantitative estimate of drug-likeness (QED) is 0.189. The van der Waals surface area contributed by atoms with Crippen molar-refractivity contribution in [2.24, 2.45) is 35.5 Å². The molecule has 4 aliphatic rings. The molecule has 284 valence electrons. The summed E-state index contributed by atoms with van der Waals surface area (Å²) >= 11 is 0. The summed E-state index contributed by atoms with van der Waals surface area (Å²) in [5.74, 6) is 5.01. The van der Waals surface area contributed by atoms with Gasteiger partial charge in [0.1, 0.15) is 5.75 Å². The van der Waals surface area contributed by atoms with Crippen LogP contribution in [-0.2, 0) is 10.8 Å². The summed E-state index contributed by atoms with van der Waals surface area (Å²) in [7, 11) is 0. The second-order valence-electron chi connectivity index (χ2n) is 19.7. The number of aryl methyl sites for hydroxylation is 2. The monoisotopic (exact) mass is 727 g/mol. The van der Waals surface area contributed by atoms with Crippen molar-refractivity contribution in [2.75, 3.05) is 0 Å². The molecule has 9 rings (SSSR count). The maximum absolute atomic E-state index is 12.4. The highest BCUT2D eigenvalue weighted by Crippen LogP contribution is 2.58. The normalized spacial score (nSPS) is 30.2. The Hall–Kier alpha value is -4.17. The van der Waals surface area contributed by atoms with Gasteiger partial charge in [-0.3, -0.25) is 0 Å². The van der Waals surface area contributed by atoms with Gasteiger partial charge in [0.25, 0.3) is 0 Å². The van der Waals surface area contributed by atoms with Crippen molar-refractivity contribution in [3.63, 3.8) is 0 Å². The Morgan fingerprint density at radius 3 is 1.58 bits per heavy atom. The lowest BCUT2D eigenvalue weighted by Crippen LogP contribution is -2.42. The molecule has 4 unspecified atom stereocenters. The highest BCUT2D eigenvalue weighted by molar-refractivity contribution is 5.88. The first-order valence-corrected chi connectivity index (χ1v) is 21.6. The number of hydrogen-bond acceptors (Lipinski definition) is 2. The predicted octanol–water partition coefficient (Wildman–Crippen LogP) is 14.3. The van der Waals surface area contributed by atoms with Gasteiger partial charge in [0.2, 0.25) is 0 Å². The van der Waals surface area contributed by atoms with E-state index >= 15 is 0 Å². The van der Waals surface area contributed by atoms with Crippen LogP contribution in [0.3, 0.4) is 0 Å². The number of fused-ring (bicyclic) bond motifs is 4. The smallest absolute Gasteiger partial charge is 0.127 e. The van der Waals surface area contributed by atoms with Gasteiger partial charge >= 0.3 is 0 Å². The number of aromatic nitrogens is 1. The summed E-state index contributed by atoms with van der Waals surface area (Å²) < 4.78 is 0. The molecule has 0 saturated heterocycles. The molecule has 4 atom stereocenters. The summed E-state index contributed by atoms with van der Waals surface area (Å²) in [6.07, 6.45) is 12.9. The summed E-state index contributed by atoms with van der Waals surface area (Å²) in [6.45, 7) is 14.3. The van der Waals surface area contributed by atoms with E-state index in [9.17, 15) is 5.11 Å². The summed E-state index contributed by atoms with van der Waals surface area (Å²) in [6, 6.07) is 35.9. The van der Waals surface area contributed by atoms with Crippen LogP contribution in [0.5, 0.6) is 5.75 Å². The molecule has 4 aliphatic carbocycles. The van der Waals surface area contributed by atoms with Gasteiger partial charge in [-0.2, -0.15) is 0 Å². The molecule has 0 aliphatic heterocycles. The number of rotatable bonds is 6. The molecule has 4 bridgehead atoms. The molecule has 0 spiro atoms. The zero-order valence-corrected chi connectivity index (χ0v) is 34.2. The molecule has 2 heteroatoms. The first-order valence-electron chi connectivity index (χ1n) is 21.6. The third-order valence-electron chi connectivity index (χ3n) is 14.5. The lowest BCUT2D eigenvalue weighted by molar-refractivity contribution is 0.0763. The minimum Gasteiger partial charge on any atom is -0.507 e. The van der Waals surface area contributed by atoms with Crippen molar-refractivity contribution < 1.29 is 5.11 Å². The van der Waals surface area contributed by atoms with Crippen LogP contribution in [0, 0.1) is 49.4 Å². The lowest BCUT2D eigenvalue weighted by Gasteiger charge is -2.50. The first kappa shape index (κ1) is 36.5. The average molecular weight is 728 g/mol. The minimum atomic E-state index is 0.0448. The standard InChI is InChI=1S/C53H61NO/c1-33-22-41(26-42(23-33)52-27-35(3)18-39(31-52)19-36(4)28-52)43-12-7-9-14-45(43)49-16-11-17-50(54-49)46-15-10-8-13-44(46)47-24-34(2)25-48(51(47)55)53-29-37(5)20-40(32-53)21-38(6)30-53/h7-17,22-26,35-40,55H,18-21,27-32H2,1-6H3. The Bertz CT molecular complexity index is 2190. The van der Waals surface area contributed by atoms with E-state index in [1.165, 1.54) is 79.2 Å². The minimum absolute atomic E-state index is 0.0448. The van der Waals surface area contributed by atoms with Gasteiger partial charge < -0.3 is 5.11 Å². The Kier molecular flexibility index (Phi) is 9.34. The van der Waals surface area contributed by atoms with Crippen molar-refractivity contribution >= 4 is 0 Å². The average Bonchev–Trinajstić information content (AvgIpc) is 3.14. The van der Waals surface area contributed by atoms with E-state index in [0.29, 0.717) is 17.6 Å². The fourth-order valence-corrected chi connectivity index (χ4v) is 13.4. The van der Waals surface area contributed by atoms with Crippen LogP contribution in [0.25, 0.3) is 44.8 Å². The molecular formula is C53H61NO. The second kappa shape index (κ2) is 14.1. The van der Waals surface area contributed by atoms with Crippen molar-refractivity contribution in [1.82, 2.24) is 4.98 Å². The second-order valence-corrected chi connectivity index (χ2v) is 19.7. The van der Waals surface area contributed by atoms with Gasteiger partial charge in [-0.05, 0) is 170 Å². The van der Waals surface area contributed by atoms with E-state index in [2.05, 4.69) is 139 Å². The number of phenolic OH excluding ortho intramolecular Hbond substituents is 1. The first-order chi connectivity index (χ1) is 26.5. The number of benzene rings is 4. The molecule has 5 aromatic rings. The van der Waals surface area contributed by atoms with Crippen LogP contribution < -0.4 is 0 Å². The molecule has 55 heavy (non-hydrogen) atoms. The molecule has 4 saturated carbocycles. The van der Waals surface area contributed by atoms with Crippen LogP contribution in [0.1, 0.15) is 114 Å². The van der Waals surface area contributed by atoms with Crippen LogP contribution >= 0.6 is 0 Å². The number of hydrogen-bond donors (Lipinski definition) is 1. The van der Waals surface area contributed by atoms with E-state index in [-0.39, 0.29) is 10.8 Å². The summed E-state index contributed by atoms with van der Waals surface area (Å²) in [5, 5.41) is 12.4. The molecule has 4 fully saturated rings. The van der Waals surface area contributed by atoms with Crippen molar-refractivity contribution in [2.45, 2.75) is 117 Å². The fraction of sp³-hybridized carbons (Fsp3) is 0.453. The Labute approximate surface area is 330 Å². The number of nitrogens with zero attached hydrogens (tertiary/aromatic N) is 1. The molecule has 1 heterocycles. The summed E-state index contributed by atoms with van der Waals surface area (Å²) in [4.78, 5) is 5.44. The van der Waals surface area contributed by atoms with E-state index in [0.717, 1.165) is 70.2 Å². The number of aromatic hydroxyl groups is 1. The summed E-state index contributed by atoms with van der Waals surface area (Å²) in [5.41, 5.74) is 14.3. The highest BCUT2D eigenvalue weighted by Gasteiger charge is 2.47. The maximum Gasteiger partial charge on any atom is 0.127 e. The predicted molar refractivity (Wildman–Crippen MR) is 230 cm³/mol. The molecule has 2 nitrogen and oxygen atoms in total. The van der Waals surface area contributed by atoms with Crippen LogP contribution in [0.15, 0.2) is 97.1 Å². The van der Waals surface area contributed by atoms with E-state index in [1.54, 1.807) is 5.56 Å². The molecule has 0 amide bonds. The van der Waals surface area contributed by atoms with Gasteiger partial charge in [-0.25, -0.2) is 4.98 Å². The lowest BCUT2D eigenvalue weighted by atomic mass is 9.54. The molecule has 0 radical (unpaired) electrons. The number of phenols is 1. The zero-order chi connectivity index (χ0) is 38.1. The Balaban J connectivity index is 1.11. The third-order valence-corrected chi connectivity index (χ3v) is 14.5. The van der Waals surface area contributed by atoms with Crippen molar-refractivity contribution in [3.8, 4) is 50.5 Å².